The normalized spacial score (nSPS) is 28.8. The number of benzene rings is 2. The molecule has 2 saturated heterocycles. The van der Waals surface area contributed by atoms with Crippen molar-refractivity contribution in [3.63, 3.8) is 0 Å². The van der Waals surface area contributed by atoms with Crippen molar-refractivity contribution < 1.29 is 24.2 Å². The van der Waals surface area contributed by atoms with E-state index in [-0.39, 0.29) is 29.6 Å². The Kier molecular flexibility index (Phi) is 8.38. The van der Waals surface area contributed by atoms with Crippen molar-refractivity contribution in [3.05, 3.63) is 84.5 Å². The fourth-order valence-electron chi connectivity index (χ4n) is 7.16. The van der Waals surface area contributed by atoms with E-state index < -0.39 is 28.7 Å². The highest BCUT2D eigenvalue weighted by Gasteiger charge is 2.71. The van der Waals surface area contributed by atoms with Gasteiger partial charge < -0.3 is 24.5 Å². The van der Waals surface area contributed by atoms with E-state index in [0.717, 1.165) is 29.8 Å². The number of hydrogen-bond acceptors (Lipinski definition) is 6. The van der Waals surface area contributed by atoms with Crippen molar-refractivity contribution in [3.8, 4) is 5.75 Å². The van der Waals surface area contributed by atoms with Crippen LogP contribution in [0.25, 0.3) is 0 Å². The van der Waals surface area contributed by atoms with Crippen LogP contribution in [0, 0.1) is 11.8 Å². The molecule has 0 radical (unpaired) electrons. The zero-order valence-electron chi connectivity index (χ0n) is 24.7. The maximum absolute atomic E-state index is 14.8. The average molecular weight is 602 g/mol. The van der Waals surface area contributed by atoms with Crippen LogP contribution in [0.4, 0.5) is 5.69 Å². The molecule has 2 fully saturated rings. The van der Waals surface area contributed by atoms with Crippen LogP contribution in [0.5, 0.6) is 5.75 Å². The predicted octanol–water partition coefficient (Wildman–Crippen LogP) is 4.22. The molecule has 8 nitrogen and oxygen atoms in total. The zero-order valence-corrected chi connectivity index (χ0v) is 25.5. The number of anilines is 1. The summed E-state index contributed by atoms with van der Waals surface area (Å²) in [4.78, 5) is 48.9. The summed E-state index contributed by atoms with van der Waals surface area (Å²) in [6, 6.07) is 15.3. The number of aliphatic hydroxyl groups is 1. The van der Waals surface area contributed by atoms with Crippen LogP contribution in [-0.2, 0) is 14.4 Å². The average Bonchev–Trinajstić information content (AvgIpc) is 3.34. The quantitative estimate of drug-likeness (QED) is 0.433. The second-order valence-electron chi connectivity index (χ2n) is 11.5. The van der Waals surface area contributed by atoms with E-state index in [1.165, 1.54) is 0 Å². The van der Waals surface area contributed by atoms with Gasteiger partial charge >= 0.3 is 0 Å². The van der Waals surface area contributed by atoms with Crippen molar-refractivity contribution >= 4 is 35.2 Å². The third kappa shape index (κ3) is 4.96. The van der Waals surface area contributed by atoms with Gasteiger partial charge in [0, 0.05) is 30.6 Å². The molecule has 0 saturated carbocycles. The first-order valence-corrected chi connectivity index (χ1v) is 16.2. The van der Waals surface area contributed by atoms with E-state index in [1.54, 1.807) is 21.6 Å². The number of unbranched alkanes of at least 4 members (excludes halogenated alkanes) is 1. The molecular weight excluding hydrogens is 562 g/mol. The number of amides is 3. The second kappa shape index (κ2) is 12.2. The van der Waals surface area contributed by atoms with Crippen LogP contribution in [0.1, 0.15) is 38.3 Å². The predicted molar refractivity (Wildman–Crippen MR) is 168 cm³/mol. The first-order valence-electron chi connectivity index (χ1n) is 15.3. The molecule has 0 aromatic heterocycles. The van der Waals surface area contributed by atoms with Gasteiger partial charge in [-0.2, -0.15) is 0 Å². The first kappa shape index (κ1) is 29.5. The Balaban J connectivity index is 1.43. The van der Waals surface area contributed by atoms with Crippen molar-refractivity contribution in [2.75, 3.05) is 37.7 Å². The van der Waals surface area contributed by atoms with Crippen molar-refractivity contribution in [2.24, 2.45) is 11.8 Å². The maximum Gasteiger partial charge on any atom is 0.247 e. The number of nitrogens with zero attached hydrogens (tertiary/aromatic N) is 3. The van der Waals surface area contributed by atoms with Gasteiger partial charge in [0.25, 0.3) is 0 Å². The smallest absolute Gasteiger partial charge is 0.247 e. The van der Waals surface area contributed by atoms with Crippen LogP contribution >= 0.6 is 11.8 Å². The standard InChI is InChI=1S/C34H39N3O5S/c1-3-5-19-35-20-10-18-34-29(32(40)37(30(34)33(35)41)26(22-38)23-11-7-6-8-12-23)28-27(43-34)13-9-21-36(31(28)39)24-14-16-25(17-15-24)42-4-2/h6-18,26-30,38H,3-5,19-22H2,1-2H3/t26-,27+,28-,29+,30?,34+/m1/s1. The van der Waals surface area contributed by atoms with E-state index in [0.29, 0.717) is 26.2 Å². The molecule has 3 amide bonds. The van der Waals surface area contributed by atoms with E-state index in [2.05, 4.69) is 6.92 Å². The van der Waals surface area contributed by atoms with Gasteiger partial charge in [-0.25, -0.2) is 0 Å². The third-order valence-corrected chi connectivity index (χ3v) is 10.9. The molecule has 4 heterocycles. The summed E-state index contributed by atoms with van der Waals surface area (Å²) in [5, 5.41) is 10.5. The number of aliphatic hydroxyl groups excluding tert-OH is 1. The molecule has 2 aromatic rings. The van der Waals surface area contributed by atoms with Crippen LogP contribution in [0.2, 0.25) is 0 Å². The molecule has 4 aliphatic rings. The van der Waals surface area contributed by atoms with Crippen molar-refractivity contribution in [2.45, 2.75) is 48.8 Å². The zero-order chi connectivity index (χ0) is 30.1. The molecule has 6 rings (SSSR count). The van der Waals surface area contributed by atoms with E-state index in [4.69, 9.17) is 4.74 Å². The second-order valence-corrected chi connectivity index (χ2v) is 13.0. The molecular formula is C34H39N3O5S. The molecule has 9 heteroatoms. The Morgan fingerprint density at radius 1 is 0.977 bits per heavy atom. The van der Waals surface area contributed by atoms with Crippen LogP contribution < -0.4 is 9.64 Å². The third-order valence-electron chi connectivity index (χ3n) is 9.11. The lowest BCUT2D eigenvalue weighted by Gasteiger charge is -2.38. The molecule has 226 valence electrons. The Bertz CT molecular complexity index is 1410. The van der Waals surface area contributed by atoms with Crippen molar-refractivity contribution in [1.82, 2.24) is 9.80 Å². The lowest BCUT2D eigenvalue weighted by molar-refractivity contribution is -0.145. The molecule has 2 aromatic carbocycles. The Hall–Kier alpha value is -3.56. The number of likely N-dealkylation sites (tertiary alicyclic amines) is 1. The van der Waals surface area contributed by atoms with Gasteiger partial charge in [-0.3, -0.25) is 14.4 Å². The number of hydrogen-bond donors (Lipinski definition) is 1. The highest BCUT2D eigenvalue weighted by molar-refractivity contribution is 8.02. The summed E-state index contributed by atoms with van der Waals surface area (Å²) < 4.78 is 4.66. The van der Waals surface area contributed by atoms with Gasteiger partial charge in [0.1, 0.15) is 11.8 Å². The summed E-state index contributed by atoms with van der Waals surface area (Å²) in [6.07, 6.45) is 9.88. The monoisotopic (exact) mass is 601 g/mol. The summed E-state index contributed by atoms with van der Waals surface area (Å²) in [6.45, 7) is 5.68. The number of ether oxygens (including phenoxy) is 1. The Morgan fingerprint density at radius 3 is 2.44 bits per heavy atom. The van der Waals surface area contributed by atoms with Gasteiger partial charge in [-0.15, -0.1) is 11.8 Å². The Morgan fingerprint density at radius 2 is 1.74 bits per heavy atom. The molecule has 1 spiro atoms. The minimum atomic E-state index is -0.936. The summed E-state index contributed by atoms with van der Waals surface area (Å²) >= 11 is 1.56. The highest BCUT2D eigenvalue weighted by atomic mass is 32.2. The van der Waals surface area contributed by atoms with Gasteiger partial charge in [0.2, 0.25) is 17.7 Å². The summed E-state index contributed by atoms with van der Waals surface area (Å²) in [7, 11) is 0. The lowest BCUT2D eigenvalue weighted by Crippen LogP contribution is -2.54. The van der Waals surface area contributed by atoms with Crippen LogP contribution in [-0.4, -0.2) is 81.5 Å². The van der Waals surface area contributed by atoms with Gasteiger partial charge in [-0.05, 0) is 43.2 Å². The topological polar surface area (TPSA) is 90.4 Å². The van der Waals surface area contributed by atoms with E-state index in [9.17, 15) is 19.5 Å². The Labute approximate surface area is 257 Å². The van der Waals surface area contributed by atoms with Gasteiger partial charge in [0.05, 0.1) is 35.8 Å². The first-order chi connectivity index (χ1) is 20.9. The molecule has 6 atom stereocenters. The molecule has 1 unspecified atom stereocenters. The van der Waals surface area contributed by atoms with E-state index >= 15 is 0 Å². The van der Waals surface area contributed by atoms with Crippen LogP contribution in [0.15, 0.2) is 78.9 Å². The SMILES string of the molecule is CCCCN1CC=C[C@]23S[C@H]4C=CCN(c5ccc(OCC)cc5)C(=O)[C@H]4[C@H]2C(=O)N([C@H](CO)c2ccccc2)C3C1=O. The fraction of sp³-hybridized carbons (Fsp3) is 0.441. The highest BCUT2D eigenvalue weighted by Crippen LogP contribution is 2.62. The molecule has 43 heavy (non-hydrogen) atoms. The molecule has 1 N–H and O–H groups in total. The minimum absolute atomic E-state index is 0.118. The maximum atomic E-state index is 14.8. The van der Waals surface area contributed by atoms with Gasteiger partial charge in [0.15, 0.2) is 0 Å². The largest absolute Gasteiger partial charge is 0.494 e. The van der Waals surface area contributed by atoms with Crippen molar-refractivity contribution in [1.29, 1.82) is 0 Å². The molecule has 0 aliphatic carbocycles. The lowest BCUT2D eigenvalue weighted by atomic mass is 9.78. The molecule has 4 aliphatic heterocycles. The summed E-state index contributed by atoms with van der Waals surface area (Å²) in [5.74, 6) is -1.18. The minimum Gasteiger partial charge on any atom is -0.494 e. The number of carbonyl (C=O) groups excluding carboxylic acids is 3. The number of fused-ring (bicyclic) bond motifs is 2. The van der Waals surface area contributed by atoms with Gasteiger partial charge in [-0.1, -0.05) is 68.0 Å². The summed E-state index contributed by atoms with van der Waals surface area (Å²) in [5.41, 5.74) is 1.50. The fourth-order valence-corrected chi connectivity index (χ4v) is 9.15. The molecule has 0 bridgehead atoms. The van der Waals surface area contributed by atoms with Crippen LogP contribution in [0.3, 0.4) is 0 Å². The van der Waals surface area contributed by atoms with E-state index in [1.807, 2.05) is 90.7 Å². The number of rotatable bonds is 9. The number of carbonyl (C=O) groups is 3. The number of thioether (sulfide) groups is 1.